The molecule has 2 aromatic rings. The lowest BCUT2D eigenvalue weighted by Crippen LogP contribution is -2.76. The predicted octanol–water partition coefficient (Wildman–Crippen LogP) is 0.188. The van der Waals surface area contributed by atoms with E-state index in [9.17, 15) is 32.4 Å². The van der Waals surface area contributed by atoms with Gasteiger partial charge in [0.1, 0.15) is 6.04 Å². The molecule has 2 aliphatic heterocycles. The molecular formula is C22H22N4O9S2. The van der Waals surface area contributed by atoms with Gasteiger partial charge in [-0.25, -0.2) is 9.10 Å². The molecule has 3 unspecified atom stereocenters. The topological polar surface area (TPSA) is 179 Å². The normalized spacial score (nSPS) is 22.9. The number of nitrogens with zero attached hydrogens (tertiary/aromatic N) is 2. The molecule has 2 saturated heterocycles. The lowest BCUT2D eigenvalue weighted by molar-refractivity contribution is -0.180. The molecule has 2 fully saturated rings. The number of likely N-dealkylation sites (tertiary alicyclic amines) is 1. The van der Waals surface area contributed by atoms with Gasteiger partial charge in [0.25, 0.3) is 17.7 Å². The second kappa shape index (κ2) is 10.0. The summed E-state index contributed by atoms with van der Waals surface area (Å²) < 4.78 is 36.9. The molecule has 1 aromatic heterocycles. The fourth-order valence-corrected chi connectivity index (χ4v) is 5.57. The van der Waals surface area contributed by atoms with E-state index in [1.807, 2.05) is 0 Å². The monoisotopic (exact) mass is 550 g/mol. The van der Waals surface area contributed by atoms with E-state index in [4.69, 9.17) is 9.29 Å². The van der Waals surface area contributed by atoms with Crippen molar-refractivity contribution in [2.75, 3.05) is 20.2 Å². The standard InChI is InChI=1S/C22H22N4O9S2/c1-35-22(12-26(20(22)30)37(32,33)34)24-18(28)16(15-8-5-11-36-15)23-21(31)25-10-9-14(17(27)19(25)29)13-6-3-2-4-7-13/h2-8,11,14,16H,9-10,12H2,1H3,(H,23,31)(H,24,28)(H,32,33,34). The molecule has 3 N–H and O–H groups in total. The fourth-order valence-electron chi connectivity index (χ4n) is 4.10. The largest absolute Gasteiger partial charge is 0.362 e. The number of urea groups is 1. The van der Waals surface area contributed by atoms with E-state index in [1.165, 1.54) is 6.07 Å². The summed E-state index contributed by atoms with van der Waals surface area (Å²) >= 11 is 1.09. The van der Waals surface area contributed by atoms with Crippen molar-refractivity contribution >= 4 is 51.2 Å². The number of methoxy groups -OCH3 is 1. The number of ether oxygens (including phenoxy) is 1. The molecule has 37 heavy (non-hydrogen) atoms. The molecule has 3 atom stereocenters. The minimum Gasteiger partial charge on any atom is -0.349 e. The first-order valence-corrected chi connectivity index (χ1v) is 13.2. The van der Waals surface area contributed by atoms with Crippen molar-refractivity contribution in [2.24, 2.45) is 0 Å². The highest BCUT2D eigenvalue weighted by Gasteiger charge is 2.59. The minimum atomic E-state index is -4.86. The number of Topliss-reactive ketones (excluding diaryl/α,β-unsaturated/α-hetero) is 1. The maximum Gasteiger partial charge on any atom is 0.362 e. The number of hydrogen-bond donors (Lipinski definition) is 3. The average molecular weight is 551 g/mol. The lowest BCUT2D eigenvalue weighted by Gasteiger charge is -2.45. The molecule has 1 aromatic carbocycles. The SMILES string of the molecule is COC1(NC(=O)C(NC(=O)N2CCC(c3ccccc3)C(=O)C2=O)c2cccs2)CN(S(=O)(=O)O)C1=O. The van der Waals surface area contributed by atoms with E-state index in [0.29, 0.717) is 10.4 Å². The first-order chi connectivity index (χ1) is 17.5. The molecule has 0 radical (unpaired) electrons. The highest BCUT2D eigenvalue weighted by atomic mass is 32.2. The van der Waals surface area contributed by atoms with Crippen LogP contribution in [0.5, 0.6) is 0 Å². The first kappa shape index (κ1) is 26.4. The predicted molar refractivity (Wildman–Crippen MR) is 127 cm³/mol. The molecule has 13 nitrogen and oxygen atoms in total. The summed E-state index contributed by atoms with van der Waals surface area (Å²) in [6, 6.07) is 9.42. The summed E-state index contributed by atoms with van der Waals surface area (Å²) in [5.74, 6) is -4.64. The molecule has 2 aliphatic rings. The molecule has 0 bridgehead atoms. The van der Waals surface area contributed by atoms with Gasteiger partial charge in [-0.2, -0.15) is 8.42 Å². The summed E-state index contributed by atoms with van der Waals surface area (Å²) in [7, 11) is -3.80. The van der Waals surface area contributed by atoms with Crippen molar-refractivity contribution < 1.29 is 41.7 Å². The zero-order valence-electron chi connectivity index (χ0n) is 19.3. The van der Waals surface area contributed by atoms with Crippen molar-refractivity contribution in [1.29, 1.82) is 0 Å². The number of hydrogen-bond acceptors (Lipinski definition) is 9. The molecule has 3 heterocycles. The van der Waals surface area contributed by atoms with Gasteiger partial charge in [-0.1, -0.05) is 36.4 Å². The quantitative estimate of drug-likeness (QED) is 0.188. The van der Waals surface area contributed by atoms with Crippen molar-refractivity contribution in [2.45, 2.75) is 24.1 Å². The van der Waals surface area contributed by atoms with Gasteiger partial charge in [0.2, 0.25) is 11.5 Å². The van der Waals surface area contributed by atoms with Crippen molar-refractivity contribution in [3.05, 3.63) is 58.3 Å². The second-order valence-electron chi connectivity index (χ2n) is 8.28. The molecule has 0 spiro atoms. The minimum absolute atomic E-state index is 0.0709. The summed E-state index contributed by atoms with van der Waals surface area (Å²) in [6.07, 6.45) is 0.199. The highest BCUT2D eigenvalue weighted by molar-refractivity contribution is 7.84. The third-order valence-corrected chi connectivity index (χ3v) is 7.90. The fraction of sp³-hybridized carbons (Fsp3) is 0.318. The Hall–Kier alpha value is -3.66. The Labute approximate surface area is 215 Å². The van der Waals surface area contributed by atoms with E-state index in [1.54, 1.807) is 41.8 Å². The van der Waals surface area contributed by atoms with Gasteiger partial charge in [-0.05, 0) is 23.4 Å². The number of imide groups is 1. The van der Waals surface area contributed by atoms with Gasteiger partial charge in [0.05, 0.1) is 12.5 Å². The zero-order chi connectivity index (χ0) is 27.0. The average Bonchev–Trinajstić information content (AvgIpc) is 3.40. The Balaban J connectivity index is 1.49. The van der Waals surface area contributed by atoms with Gasteiger partial charge < -0.3 is 15.4 Å². The second-order valence-corrected chi connectivity index (χ2v) is 10.6. The number of carbonyl (C=O) groups is 5. The number of rotatable bonds is 7. The van der Waals surface area contributed by atoms with Gasteiger partial charge >= 0.3 is 16.3 Å². The van der Waals surface area contributed by atoms with Crippen LogP contribution in [0.1, 0.15) is 28.8 Å². The summed E-state index contributed by atoms with van der Waals surface area (Å²) in [5, 5.41) is 6.31. The Morgan fingerprint density at radius 2 is 1.86 bits per heavy atom. The first-order valence-electron chi connectivity index (χ1n) is 10.9. The van der Waals surface area contributed by atoms with Crippen LogP contribution in [0.15, 0.2) is 47.8 Å². The molecule has 15 heteroatoms. The summed E-state index contributed by atoms with van der Waals surface area (Å²) in [4.78, 5) is 65.1. The van der Waals surface area contributed by atoms with Gasteiger partial charge in [0, 0.05) is 18.5 Å². The number of carbonyl (C=O) groups excluding carboxylic acids is 5. The van der Waals surface area contributed by atoms with Crippen LogP contribution < -0.4 is 10.6 Å². The van der Waals surface area contributed by atoms with Crippen LogP contribution in [-0.4, -0.2) is 77.6 Å². The Kier molecular flexibility index (Phi) is 7.14. The number of amides is 5. The number of piperidine rings is 1. The van der Waals surface area contributed by atoms with E-state index < -0.39 is 64.1 Å². The van der Waals surface area contributed by atoms with Crippen molar-refractivity contribution in [3.63, 3.8) is 0 Å². The maximum absolute atomic E-state index is 13.2. The number of benzene rings is 1. The molecule has 0 saturated carbocycles. The maximum atomic E-state index is 13.2. The molecular weight excluding hydrogens is 528 g/mol. The number of nitrogens with one attached hydrogen (secondary N) is 2. The van der Waals surface area contributed by atoms with Gasteiger partial charge in [-0.3, -0.25) is 28.6 Å². The number of β-lactam (4-membered cyclic amide) rings is 1. The van der Waals surface area contributed by atoms with E-state index >= 15 is 0 Å². The van der Waals surface area contributed by atoms with Crippen LogP contribution in [0.3, 0.4) is 0 Å². The van der Waals surface area contributed by atoms with Crippen LogP contribution in [0.2, 0.25) is 0 Å². The third-order valence-electron chi connectivity index (χ3n) is 6.11. The van der Waals surface area contributed by atoms with Crippen molar-refractivity contribution in [3.8, 4) is 0 Å². The zero-order valence-corrected chi connectivity index (χ0v) is 21.0. The van der Waals surface area contributed by atoms with E-state index in [0.717, 1.165) is 23.3 Å². The van der Waals surface area contributed by atoms with E-state index in [-0.39, 0.29) is 17.3 Å². The molecule has 0 aliphatic carbocycles. The van der Waals surface area contributed by atoms with Crippen LogP contribution in [0, 0.1) is 0 Å². The van der Waals surface area contributed by atoms with Crippen LogP contribution >= 0.6 is 11.3 Å². The Morgan fingerprint density at radius 1 is 1.16 bits per heavy atom. The molecule has 5 amide bonds. The van der Waals surface area contributed by atoms with E-state index in [2.05, 4.69) is 10.6 Å². The summed E-state index contributed by atoms with van der Waals surface area (Å²) in [6.45, 7) is -0.767. The lowest BCUT2D eigenvalue weighted by atomic mass is 9.88. The number of thiophene rings is 1. The van der Waals surface area contributed by atoms with Crippen LogP contribution in [0.25, 0.3) is 0 Å². The van der Waals surface area contributed by atoms with Crippen LogP contribution in [-0.2, 0) is 34.2 Å². The third kappa shape index (κ3) is 4.98. The van der Waals surface area contributed by atoms with Crippen molar-refractivity contribution in [1.82, 2.24) is 19.8 Å². The number of ketones is 1. The molecule has 196 valence electrons. The van der Waals surface area contributed by atoms with Crippen LogP contribution in [0.4, 0.5) is 4.79 Å². The summed E-state index contributed by atoms with van der Waals surface area (Å²) in [5.41, 5.74) is -1.43. The highest BCUT2D eigenvalue weighted by Crippen LogP contribution is 2.29. The van der Waals surface area contributed by atoms with Gasteiger partial charge in [-0.15, -0.1) is 11.3 Å². The smallest absolute Gasteiger partial charge is 0.349 e. The Bertz CT molecular complexity index is 1350. The van der Waals surface area contributed by atoms with Gasteiger partial charge in [0.15, 0.2) is 0 Å². The molecule has 4 rings (SSSR count). The Morgan fingerprint density at radius 3 is 2.43 bits per heavy atom.